The second kappa shape index (κ2) is 7.73. The Morgan fingerprint density at radius 2 is 2.12 bits per heavy atom. The molecule has 0 radical (unpaired) electrons. The minimum atomic E-state index is -0.412. The van der Waals surface area contributed by atoms with Crippen LogP contribution >= 0.6 is 15.9 Å². The molecule has 0 bridgehead atoms. The maximum atomic E-state index is 12.0. The van der Waals surface area contributed by atoms with Crippen molar-refractivity contribution in [2.45, 2.75) is 18.9 Å². The molecular formula is C16H20BrN5O3. The molecule has 2 amide bonds. The highest BCUT2D eigenvalue weighted by Gasteiger charge is 2.23. The molecule has 3 rings (SSSR count). The predicted molar refractivity (Wildman–Crippen MR) is 95.3 cm³/mol. The van der Waals surface area contributed by atoms with E-state index in [1.54, 1.807) is 18.3 Å². The Balaban J connectivity index is 1.40. The standard InChI is InChI=1S/C16H20BrN5O3/c1-21-9-6-18-16(21)22-7-4-11(5-8-22)20-14(23)10-19-15(24)12-2-3-13(17)25-12/h2-3,6,9,11H,4-5,7-8,10H2,1H3,(H,19,24)(H,20,23). The van der Waals surface area contributed by atoms with Crippen LogP contribution in [0.1, 0.15) is 23.4 Å². The van der Waals surface area contributed by atoms with Crippen LogP contribution < -0.4 is 15.5 Å². The minimum Gasteiger partial charge on any atom is -0.444 e. The summed E-state index contributed by atoms with van der Waals surface area (Å²) in [7, 11) is 1.97. The summed E-state index contributed by atoms with van der Waals surface area (Å²) in [6, 6.07) is 3.29. The number of nitrogens with one attached hydrogen (secondary N) is 2. The summed E-state index contributed by atoms with van der Waals surface area (Å²) in [4.78, 5) is 30.4. The summed E-state index contributed by atoms with van der Waals surface area (Å²) in [6.45, 7) is 1.60. The number of carbonyl (C=O) groups excluding carboxylic acids is 2. The third kappa shape index (κ3) is 4.41. The third-order valence-corrected chi connectivity index (χ3v) is 4.57. The average molecular weight is 410 g/mol. The van der Waals surface area contributed by atoms with E-state index in [4.69, 9.17) is 4.42 Å². The Morgan fingerprint density at radius 1 is 1.36 bits per heavy atom. The third-order valence-electron chi connectivity index (χ3n) is 4.15. The molecule has 3 heterocycles. The molecule has 25 heavy (non-hydrogen) atoms. The van der Waals surface area contributed by atoms with E-state index in [-0.39, 0.29) is 24.3 Å². The summed E-state index contributed by atoms with van der Waals surface area (Å²) in [5.41, 5.74) is 0. The van der Waals surface area contributed by atoms with Crippen molar-refractivity contribution in [2.75, 3.05) is 24.5 Å². The van der Waals surface area contributed by atoms with Gasteiger partial charge in [-0.3, -0.25) is 9.59 Å². The van der Waals surface area contributed by atoms with Crippen LogP contribution in [0.15, 0.2) is 33.6 Å². The number of hydrogen-bond donors (Lipinski definition) is 2. The highest BCUT2D eigenvalue weighted by Crippen LogP contribution is 2.17. The number of hydrogen-bond acceptors (Lipinski definition) is 5. The molecule has 1 saturated heterocycles. The van der Waals surface area contributed by atoms with Gasteiger partial charge in [-0.15, -0.1) is 0 Å². The number of rotatable bonds is 5. The zero-order valence-electron chi connectivity index (χ0n) is 13.9. The van der Waals surface area contributed by atoms with Gasteiger partial charge in [-0.2, -0.15) is 0 Å². The molecule has 0 aliphatic carbocycles. The predicted octanol–water partition coefficient (Wildman–Crippen LogP) is 1.29. The molecule has 2 N–H and O–H groups in total. The number of halogens is 1. The first-order chi connectivity index (χ1) is 12.0. The van der Waals surface area contributed by atoms with E-state index in [0.717, 1.165) is 31.9 Å². The maximum Gasteiger partial charge on any atom is 0.287 e. The van der Waals surface area contributed by atoms with Crippen LogP contribution in [0.5, 0.6) is 0 Å². The number of piperidine rings is 1. The quantitative estimate of drug-likeness (QED) is 0.775. The van der Waals surface area contributed by atoms with E-state index < -0.39 is 5.91 Å². The lowest BCUT2D eigenvalue weighted by Crippen LogP contribution is -2.47. The first-order valence-corrected chi connectivity index (χ1v) is 8.87. The fraction of sp³-hybridized carbons (Fsp3) is 0.438. The molecule has 1 aliphatic rings. The number of imidazole rings is 1. The second-order valence-corrected chi connectivity index (χ2v) is 6.73. The average Bonchev–Trinajstić information content (AvgIpc) is 3.22. The normalized spacial score (nSPS) is 15.2. The molecule has 0 aromatic carbocycles. The van der Waals surface area contributed by atoms with Crippen LogP contribution in [0.4, 0.5) is 5.95 Å². The van der Waals surface area contributed by atoms with Crippen molar-refractivity contribution in [1.29, 1.82) is 0 Å². The van der Waals surface area contributed by atoms with Crippen LogP contribution in [0, 0.1) is 0 Å². The van der Waals surface area contributed by atoms with E-state index in [0.29, 0.717) is 4.67 Å². The lowest BCUT2D eigenvalue weighted by molar-refractivity contribution is -0.120. The van der Waals surface area contributed by atoms with Crippen molar-refractivity contribution < 1.29 is 14.0 Å². The molecule has 1 aliphatic heterocycles. The molecule has 0 atom stereocenters. The van der Waals surface area contributed by atoms with E-state index in [9.17, 15) is 9.59 Å². The van der Waals surface area contributed by atoms with Gasteiger partial charge in [0, 0.05) is 38.6 Å². The van der Waals surface area contributed by atoms with Crippen LogP contribution in [0.2, 0.25) is 0 Å². The van der Waals surface area contributed by atoms with Crippen LogP contribution in [0.25, 0.3) is 0 Å². The Hall–Kier alpha value is -2.29. The number of amides is 2. The molecule has 8 nitrogen and oxygen atoms in total. The Bertz CT molecular complexity index is 749. The molecule has 134 valence electrons. The van der Waals surface area contributed by atoms with E-state index in [1.165, 1.54) is 0 Å². The number of carbonyl (C=O) groups is 2. The van der Waals surface area contributed by atoms with Crippen molar-refractivity contribution >= 4 is 33.7 Å². The number of aryl methyl sites for hydroxylation is 1. The summed E-state index contributed by atoms with van der Waals surface area (Å²) in [5.74, 6) is 0.504. The zero-order valence-corrected chi connectivity index (χ0v) is 15.5. The fourth-order valence-corrected chi connectivity index (χ4v) is 3.16. The Morgan fingerprint density at radius 3 is 2.72 bits per heavy atom. The highest BCUT2D eigenvalue weighted by atomic mass is 79.9. The summed E-state index contributed by atoms with van der Waals surface area (Å²) in [5, 5.41) is 5.51. The Labute approximate surface area is 153 Å². The summed E-state index contributed by atoms with van der Waals surface area (Å²) >= 11 is 3.13. The lowest BCUT2D eigenvalue weighted by atomic mass is 10.1. The number of anilines is 1. The zero-order chi connectivity index (χ0) is 17.8. The second-order valence-electron chi connectivity index (χ2n) is 5.95. The van der Waals surface area contributed by atoms with Gasteiger partial charge in [0.25, 0.3) is 5.91 Å². The van der Waals surface area contributed by atoms with Crippen molar-refractivity contribution in [3.05, 3.63) is 35.0 Å². The topological polar surface area (TPSA) is 92.4 Å². The molecule has 0 unspecified atom stereocenters. The van der Waals surface area contributed by atoms with Crippen molar-refractivity contribution in [3.8, 4) is 0 Å². The number of nitrogens with zero attached hydrogens (tertiary/aromatic N) is 3. The largest absolute Gasteiger partial charge is 0.444 e. The molecule has 2 aromatic rings. The van der Waals surface area contributed by atoms with Crippen LogP contribution in [0.3, 0.4) is 0 Å². The van der Waals surface area contributed by atoms with Gasteiger partial charge in [0.15, 0.2) is 10.4 Å². The summed E-state index contributed by atoms with van der Waals surface area (Å²) in [6.07, 6.45) is 5.39. The van der Waals surface area contributed by atoms with Crippen molar-refractivity contribution in [3.63, 3.8) is 0 Å². The minimum absolute atomic E-state index is 0.0727. The van der Waals surface area contributed by atoms with Gasteiger partial charge < -0.3 is 24.5 Å². The lowest BCUT2D eigenvalue weighted by Gasteiger charge is -2.33. The Kier molecular flexibility index (Phi) is 5.42. The van der Waals surface area contributed by atoms with Gasteiger partial charge in [-0.05, 0) is 40.9 Å². The van der Waals surface area contributed by atoms with Crippen molar-refractivity contribution in [1.82, 2.24) is 20.2 Å². The SMILES string of the molecule is Cn1ccnc1N1CCC(NC(=O)CNC(=O)c2ccc(Br)o2)CC1. The molecule has 2 aromatic heterocycles. The first-order valence-electron chi connectivity index (χ1n) is 8.08. The van der Waals surface area contributed by atoms with Gasteiger partial charge in [0.05, 0.1) is 6.54 Å². The van der Waals surface area contributed by atoms with E-state index in [1.807, 2.05) is 17.8 Å². The molecule has 9 heteroatoms. The van der Waals surface area contributed by atoms with Gasteiger partial charge in [-0.25, -0.2) is 4.98 Å². The number of furan rings is 1. The first kappa shape index (κ1) is 17.5. The summed E-state index contributed by atoms with van der Waals surface area (Å²) < 4.78 is 7.61. The van der Waals surface area contributed by atoms with Gasteiger partial charge in [-0.1, -0.05) is 0 Å². The molecule has 0 saturated carbocycles. The molecular weight excluding hydrogens is 390 g/mol. The monoisotopic (exact) mass is 409 g/mol. The van der Waals surface area contributed by atoms with E-state index in [2.05, 4.69) is 36.4 Å². The smallest absolute Gasteiger partial charge is 0.287 e. The van der Waals surface area contributed by atoms with Crippen LogP contribution in [-0.2, 0) is 11.8 Å². The van der Waals surface area contributed by atoms with Gasteiger partial charge >= 0.3 is 0 Å². The number of aromatic nitrogens is 2. The molecule has 1 fully saturated rings. The van der Waals surface area contributed by atoms with Crippen molar-refractivity contribution in [2.24, 2.45) is 7.05 Å². The fourth-order valence-electron chi connectivity index (χ4n) is 2.85. The molecule has 0 spiro atoms. The van der Waals surface area contributed by atoms with E-state index >= 15 is 0 Å². The van der Waals surface area contributed by atoms with Gasteiger partial charge in [0.1, 0.15) is 0 Å². The van der Waals surface area contributed by atoms with Crippen LogP contribution in [-0.4, -0.2) is 47.0 Å². The maximum absolute atomic E-state index is 12.0. The highest BCUT2D eigenvalue weighted by molar-refractivity contribution is 9.10. The van der Waals surface area contributed by atoms with Gasteiger partial charge in [0.2, 0.25) is 11.9 Å².